The van der Waals surface area contributed by atoms with Crippen molar-refractivity contribution in [2.75, 3.05) is 13.2 Å². The van der Waals surface area contributed by atoms with Crippen LogP contribution in [0.15, 0.2) is 4.99 Å². The van der Waals surface area contributed by atoms with Crippen LogP contribution in [0, 0.1) is 11.8 Å². The number of epoxide rings is 1. The molecule has 34 heavy (non-hydrogen) atoms. The second-order valence-corrected chi connectivity index (χ2v) is 9.97. The third kappa shape index (κ3) is 10.5. The number of carbonyl (C=O) groups is 4. The van der Waals surface area contributed by atoms with Gasteiger partial charge >= 0.3 is 0 Å². The minimum atomic E-state index is -0.918. The standard InChI is InChI=1S/C23H42N6O5/c1-13(2)10-17(27-15(5)30)20(32)29-18(11-14(3)4)21(33)28-16(8-7-9-26-22(24)25)19(31)23(6)12-34-23/h13-14,16-18H,7-12H2,1-6H3,(H,27,30)(H,28,33)(H,29,32)(H4,24,25,26)/t16-,17-,18-,23+/m0/s1. The van der Waals surface area contributed by atoms with Gasteiger partial charge in [0.15, 0.2) is 11.7 Å². The number of rotatable bonds is 15. The van der Waals surface area contributed by atoms with Crippen LogP contribution in [-0.4, -0.2) is 66.3 Å². The number of Topliss-reactive ketones (excluding diaryl/α,β-unsaturated/α-hetero) is 1. The van der Waals surface area contributed by atoms with Gasteiger partial charge in [-0.1, -0.05) is 27.7 Å². The third-order valence-corrected chi connectivity index (χ3v) is 5.42. The first kappa shape index (κ1) is 29.3. The van der Waals surface area contributed by atoms with Gasteiger partial charge in [0.25, 0.3) is 0 Å². The van der Waals surface area contributed by atoms with Gasteiger partial charge in [0.1, 0.15) is 17.7 Å². The Labute approximate surface area is 202 Å². The van der Waals surface area contributed by atoms with Gasteiger partial charge in [-0.3, -0.25) is 24.2 Å². The van der Waals surface area contributed by atoms with Crippen molar-refractivity contribution < 1.29 is 23.9 Å². The molecule has 0 aromatic rings. The van der Waals surface area contributed by atoms with Crippen molar-refractivity contribution in [3.63, 3.8) is 0 Å². The number of ketones is 1. The van der Waals surface area contributed by atoms with E-state index in [9.17, 15) is 19.2 Å². The number of hydrogen-bond donors (Lipinski definition) is 5. The lowest BCUT2D eigenvalue weighted by Gasteiger charge is -2.27. The van der Waals surface area contributed by atoms with E-state index in [2.05, 4.69) is 20.9 Å². The molecule has 1 heterocycles. The molecule has 3 amide bonds. The van der Waals surface area contributed by atoms with E-state index in [0.717, 1.165) is 0 Å². The summed E-state index contributed by atoms with van der Waals surface area (Å²) < 4.78 is 5.28. The van der Waals surface area contributed by atoms with Crippen LogP contribution in [-0.2, 0) is 23.9 Å². The molecule has 11 nitrogen and oxygen atoms in total. The number of nitrogens with zero attached hydrogens (tertiary/aromatic N) is 1. The minimum Gasteiger partial charge on any atom is -0.370 e. The lowest BCUT2D eigenvalue weighted by Crippen LogP contribution is -2.57. The molecule has 1 aliphatic rings. The molecule has 1 rings (SSSR count). The van der Waals surface area contributed by atoms with Crippen molar-refractivity contribution in [1.29, 1.82) is 0 Å². The average molecular weight is 483 g/mol. The molecular formula is C23H42N6O5. The van der Waals surface area contributed by atoms with Gasteiger partial charge < -0.3 is 32.2 Å². The average Bonchev–Trinajstić information content (AvgIpc) is 3.45. The first-order chi connectivity index (χ1) is 15.7. The SMILES string of the molecule is CC(=O)N[C@@H](CC(C)C)C(=O)N[C@@H](CC(C)C)C(=O)N[C@@H](CCCN=C(N)N)C(=O)[C@@]1(C)CO1. The Hall–Kier alpha value is -2.69. The van der Waals surface area contributed by atoms with Crippen LogP contribution in [0.5, 0.6) is 0 Å². The van der Waals surface area contributed by atoms with E-state index in [0.29, 0.717) is 38.8 Å². The molecule has 4 atom stereocenters. The number of carbonyl (C=O) groups excluding carboxylic acids is 4. The molecule has 194 valence electrons. The van der Waals surface area contributed by atoms with E-state index in [4.69, 9.17) is 16.2 Å². The molecule has 0 unspecified atom stereocenters. The number of nitrogens with two attached hydrogens (primary N) is 2. The summed E-state index contributed by atoms with van der Waals surface area (Å²) in [5.74, 6) is -1.23. The predicted molar refractivity (Wildman–Crippen MR) is 130 cm³/mol. The molecule has 1 fully saturated rings. The van der Waals surface area contributed by atoms with Crippen molar-refractivity contribution in [3.05, 3.63) is 0 Å². The van der Waals surface area contributed by atoms with E-state index in [-0.39, 0.29) is 29.5 Å². The Bertz CT molecular complexity index is 759. The first-order valence-corrected chi connectivity index (χ1v) is 11.9. The predicted octanol–water partition coefficient (Wildman–Crippen LogP) is -0.0355. The quantitative estimate of drug-likeness (QED) is 0.0939. The normalized spacial score (nSPS) is 19.6. The number of ether oxygens (including phenoxy) is 1. The molecule has 0 radical (unpaired) electrons. The maximum atomic E-state index is 13.2. The van der Waals surface area contributed by atoms with Crippen LogP contribution >= 0.6 is 0 Å². The monoisotopic (exact) mass is 482 g/mol. The summed E-state index contributed by atoms with van der Waals surface area (Å²) >= 11 is 0. The number of nitrogens with one attached hydrogen (secondary N) is 3. The van der Waals surface area contributed by atoms with E-state index in [1.54, 1.807) is 6.92 Å². The highest BCUT2D eigenvalue weighted by Crippen LogP contribution is 2.29. The summed E-state index contributed by atoms with van der Waals surface area (Å²) in [5.41, 5.74) is 9.78. The van der Waals surface area contributed by atoms with Crippen LogP contribution in [0.25, 0.3) is 0 Å². The molecule has 0 aromatic carbocycles. The van der Waals surface area contributed by atoms with E-state index in [1.807, 2.05) is 27.7 Å². The van der Waals surface area contributed by atoms with Crippen molar-refractivity contribution in [2.24, 2.45) is 28.3 Å². The summed E-state index contributed by atoms with van der Waals surface area (Å²) in [6.07, 6.45) is 1.60. The molecule has 1 saturated heterocycles. The molecule has 7 N–H and O–H groups in total. The van der Waals surface area contributed by atoms with E-state index in [1.165, 1.54) is 6.92 Å². The molecule has 0 aromatic heterocycles. The number of amides is 3. The summed E-state index contributed by atoms with van der Waals surface area (Å²) in [4.78, 5) is 54.6. The molecular weight excluding hydrogens is 440 g/mol. The summed E-state index contributed by atoms with van der Waals surface area (Å²) in [6, 6.07) is -2.42. The Morgan fingerprint density at radius 1 is 0.912 bits per heavy atom. The van der Waals surface area contributed by atoms with Crippen LogP contribution in [0.4, 0.5) is 0 Å². The zero-order valence-corrected chi connectivity index (χ0v) is 21.3. The fraction of sp³-hybridized carbons (Fsp3) is 0.783. The van der Waals surface area contributed by atoms with Gasteiger partial charge in [-0.25, -0.2) is 0 Å². The van der Waals surface area contributed by atoms with Crippen LogP contribution in [0.3, 0.4) is 0 Å². The van der Waals surface area contributed by atoms with Gasteiger partial charge in [0.2, 0.25) is 17.7 Å². The van der Waals surface area contributed by atoms with Crippen molar-refractivity contribution in [3.8, 4) is 0 Å². The van der Waals surface area contributed by atoms with E-state index >= 15 is 0 Å². The molecule has 0 bridgehead atoms. The lowest BCUT2D eigenvalue weighted by atomic mass is 9.95. The highest BCUT2D eigenvalue weighted by Gasteiger charge is 2.50. The first-order valence-electron chi connectivity index (χ1n) is 11.9. The fourth-order valence-electron chi connectivity index (χ4n) is 3.59. The second-order valence-electron chi connectivity index (χ2n) is 9.97. The lowest BCUT2D eigenvalue weighted by molar-refractivity contribution is -0.134. The topological polar surface area (TPSA) is 181 Å². The van der Waals surface area contributed by atoms with Crippen LogP contribution in [0.1, 0.15) is 67.2 Å². The molecule has 0 aliphatic carbocycles. The van der Waals surface area contributed by atoms with E-state index < -0.39 is 35.5 Å². The van der Waals surface area contributed by atoms with Gasteiger partial charge in [0, 0.05) is 13.5 Å². The second kappa shape index (κ2) is 13.3. The number of guanidine groups is 1. The fourth-order valence-corrected chi connectivity index (χ4v) is 3.59. The van der Waals surface area contributed by atoms with Gasteiger partial charge in [-0.2, -0.15) is 0 Å². The number of aliphatic imine (C=N–C) groups is 1. The van der Waals surface area contributed by atoms with Gasteiger partial charge in [-0.05, 0) is 44.4 Å². The summed E-state index contributed by atoms with van der Waals surface area (Å²) in [6.45, 7) is 11.4. The van der Waals surface area contributed by atoms with Crippen LogP contribution < -0.4 is 27.4 Å². The van der Waals surface area contributed by atoms with Gasteiger partial charge in [-0.15, -0.1) is 0 Å². The Balaban J connectivity index is 2.96. The molecule has 0 spiro atoms. The van der Waals surface area contributed by atoms with Crippen molar-refractivity contribution in [1.82, 2.24) is 16.0 Å². The smallest absolute Gasteiger partial charge is 0.243 e. The maximum absolute atomic E-state index is 13.2. The maximum Gasteiger partial charge on any atom is 0.243 e. The molecule has 1 aliphatic heterocycles. The minimum absolute atomic E-state index is 0.0424. The number of hydrogen-bond acceptors (Lipinski definition) is 6. The largest absolute Gasteiger partial charge is 0.370 e. The third-order valence-electron chi connectivity index (χ3n) is 5.42. The molecule has 0 saturated carbocycles. The van der Waals surface area contributed by atoms with Gasteiger partial charge in [0.05, 0.1) is 12.6 Å². The Morgan fingerprint density at radius 2 is 1.38 bits per heavy atom. The van der Waals surface area contributed by atoms with Crippen molar-refractivity contribution in [2.45, 2.75) is 91.0 Å². The Kier molecular flexibility index (Phi) is 11.4. The Morgan fingerprint density at radius 3 is 1.79 bits per heavy atom. The highest BCUT2D eigenvalue weighted by atomic mass is 16.6. The van der Waals surface area contributed by atoms with Crippen molar-refractivity contribution >= 4 is 29.5 Å². The zero-order chi connectivity index (χ0) is 26.1. The molecule has 11 heteroatoms. The summed E-state index contributed by atoms with van der Waals surface area (Å²) in [5, 5.41) is 8.23. The van der Waals surface area contributed by atoms with Crippen LogP contribution in [0.2, 0.25) is 0 Å². The zero-order valence-electron chi connectivity index (χ0n) is 21.3. The summed E-state index contributed by atoms with van der Waals surface area (Å²) in [7, 11) is 0. The highest BCUT2D eigenvalue weighted by molar-refractivity contribution is 5.98.